The zero-order chi connectivity index (χ0) is 18.3. The SMILES string of the molecule is COc1cccc2[nH]c(S(=O)Cc3cc4c(cn3)CCC(C)(C)O4)nc12. The van der Waals surface area contributed by atoms with Crippen molar-refractivity contribution in [3.05, 3.63) is 41.7 Å². The molecule has 2 aromatic heterocycles. The van der Waals surface area contributed by atoms with Crippen LogP contribution in [0.15, 0.2) is 35.6 Å². The molecule has 0 saturated carbocycles. The van der Waals surface area contributed by atoms with Crippen molar-refractivity contribution in [1.82, 2.24) is 15.0 Å². The number of aryl methyl sites for hydroxylation is 1. The molecule has 1 aromatic carbocycles. The fraction of sp³-hybridized carbons (Fsp3) is 0.368. The van der Waals surface area contributed by atoms with Gasteiger partial charge in [-0.25, -0.2) is 4.98 Å². The van der Waals surface area contributed by atoms with Crippen LogP contribution in [0.2, 0.25) is 0 Å². The van der Waals surface area contributed by atoms with E-state index in [0.29, 0.717) is 16.4 Å². The van der Waals surface area contributed by atoms with Crippen molar-refractivity contribution in [2.24, 2.45) is 0 Å². The van der Waals surface area contributed by atoms with Crippen LogP contribution in [0, 0.1) is 0 Å². The highest BCUT2D eigenvalue weighted by molar-refractivity contribution is 7.84. The molecule has 1 aliphatic heterocycles. The van der Waals surface area contributed by atoms with Crippen LogP contribution in [0.5, 0.6) is 11.5 Å². The number of benzene rings is 1. The van der Waals surface area contributed by atoms with Crippen LogP contribution in [0.25, 0.3) is 11.0 Å². The van der Waals surface area contributed by atoms with Crippen LogP contribution >= 0.6 is 0 Å². The molecule has 1 N–H and O–H groups in total. The lowest BCUT2D eigenvalue weighted by Crippen LogP contribution is -2.32. The summed E-state index contributed by atoms with van der Waals surface area (Å²) in [4.78, 5) is 12.0. The summed E-state index contributed by atoms with van der Waals surface area (Å²) in [5.41, 5.74) is 3.14. The quantitative estimate of drug-likeness (QED) is 0.761. The Labute approximate surface area is 154 Å². The summed E-state index contributed by atoms with van der Waals surface area (Å²) in [6.45, 7) is 4.16. The first kappa shape index (κ1) is 17.0. The van der Waals surface area contributed by atoms with Crippen molar-refractivity contribution in [3.63, 3.8) is 0 Å². The number of H-pyrrole nitrogens is 1. The average molecular weight is 371 g/mol. The molecule has 1 unspecified atom stereocenters. The highest BCUT2D eigenvalue weighted by Gasteiger charge is 2.27. The zero-order valence-corrected chi connectivity index (χ0v) is 15.9. The Morgan fingerprint density at radius 3 is 3.04 bits per heavy atom. The number of aromatic nitrogens is 3. The van der Waals surface area contributed by atoms with Gasteiger partial charge in [0.1, 0.15) is 22.6 Å². The maximum atomic E-state index is 12.8. The number of nitrogens with one attached hydrogen (secondary N) is 1. The van der Waals surface area contributed by atoms with Gasteiger partial charge < -0.3 is 14.5 Å². The summed E-state index contributed by atoms with van der Waals surface area (Å²) < 4.78 is 24.1. The van der Waals surface area contributed by atoms with Crippen molar-refractivity contribution < 1.29 is 13.7 Å². The molecule has 3 aromatic rings. The summed E-state index contributed by atoms with van der Waals surface area (Å²) in [5, 5.41) is 0.422. The van der Waals surface area contributed by atoms with E-state index in [-0.39, 0.29) is 11.4 Å². The van der Waals surface area contributed by atoms with Crippen molar-refractivity contribution in [1.29, 1.82) is 0 Å². The standard InChI is InChI=1S/C19H21N3O3S/c1-19(2)8-7-12-10-20-13(9-16(12)25-19)11-26(23)18-21-14-5-4-6-15(24-3)17(14)22-18/h4-6,9-10H,7-8,11H2,1-3H3,(H,21,22). The van der Waals surface area contributed by atoms with Gasteiger partial charge in [-0.3, -0.25) is 9.19 Å². The molecule has 0 radical (unpaired) electrons. The molecule has 136 valence electrons. The number of para-hydroxylation sites is 1. The molecular formula is C19H21N3O3S. The molecule has 0 aliphatic carbocycles. The third-order valence-electron chi connectivity index (χ3n) is 4.55. The Bertz CT molecular complexity index is 997. The van der Waals surface area contributed by atoms with Gasteiger partial charge in [0.2, 0.25) is 0 Å². The van der Waals surface area contributed by atoms with E-state index in [2.05, 4.69) is 28.8 Å². The number of rotatable bonds is 4. The van der Waals surface area contributed by atoms with Gasteiger partial charge in [0.25, 0.3) is 0 Å². The van der Waals surface area contributed by atoms with E-state index in [1.807, 2.05) is 30.5 Å². The molecule has 0 amide bonds. The number of ether oxygens (including phenoxy) is 2. The minimum atomic E-state index is -1.34. The van der Waals surface area contributed by atoms with E-state index in [0.717, 1.165) is 35.4 Å². The average Bonchev–Trinajstić information content (AvgIpc) is 3.05. The minimum absolute atomic E-state index is 0.180. The van der Waals surface area contributed by atoms with Crippen molar-refractivity contribution in [3.8, 4) is 11.5 Å². The van der Waals surface area contributed by atoms with Crippen molar-refractivity contribution >= 4 is 21.8 Å². The second-order valence-corrected chi connectivity index (χ2v) is 8.40. The van der Waals surface area contributed by atoms with Gasteiger partial charge in [0.05, 0.1) is 34.9 Å². The highest BCUT2D eigenvalue weighted by atomic mass is 32.2. The lowest BCUT2D eigenvalue weighted by atomic mass is 9.95. The molecular weight excluding hydrogens is 350 g/mol. The van der Waals surface area contributed by atoms with E-state index < -0.39 is 10.8 Å². The lowest BCUT2D eigenvalue weighted by molar-refractivity contribution is 0.0843. The predicted molar refractivity (Wildman–Crippen MR) is 100 cm³/mol. The van der Waals surface area contributed by atoms with E-state index in [9.17, 15) is 4.21 Å². The molecule has 4 rings (SSSR count). The van der Waals surface area contributed by atoms with Crippen molar-refractivity contribution in [2.75, 3.05) is 7.11 Å². The van der Waals surface area contributed by atoms with Gasteiger partial charge in [0, 0.05) is 17.8 Å². The Morgan fingerprint density at radius 1 is 1.38 bits per heavy atom. The fourth-order valence-electron chi connectivity index (χ4n) is 3.11. The Kier molecular flexibility index (Phi) is 4.19. The minimum Gasteiger partial charge on any atom is -0.494 e. The molecule has 26 heavy (non-hydrogen) atoms. The third kappa shape index (κ3) is 3.19. The molecule has 0 saturated heterocycles. The van der Waals surface area contributed by atoms with E-state index in [1.165, 1.54) is 0 Å². The van der Waals surface area contributed by atoms with Gasteiger partial charge in [-0.1, -0.05) is 6.07 Å². The maximum absolute atomic E-state index is 12.8. The Hall–Kier alpha value is -2.41. The third-order valence-corrected chi connectivity index (χ3v) is 5.73. The number of methoxy groups -OCH3 is 1. The molecule has 1 aliphatic rings. The van der Waals surface area contributed by atoms with Gasteiger partial charge in [-0.05, 0) is 38.8 Å². The highest BCUT2D eigenvalue weighted by Crippen LogP contribution is 2.33. The molecule has 7 heteroatoms. The molecule has 3 heterocycles. The second kappa shape index (κ2) is 6.39. The van der Waals surface area contributed by atoms with Crippen LogP contribution < -0.4 is 9.47 Å². The van der Waals surface area contributed by atoms with Gasteiger partial charge in [-0.2, -0.15) is 0 Å². The molecule has 0 spiro atoms. The van der Waals surface area contributed by atoms with E-state index in [1.54, 1.807) is 7.11 Å². The Balaban J connectivity index is 1.59. The predicted octanol–water partition coefficient (Wildman–Crippen LogP) is 3.38. The number of aromatic amines is 1. The van der Waals surface area contributed by atoms with Crippen LogP contribution in [0.3, 0.4) is 0 Å². The molecule has 6 nitrogen and oxygen atoms in total. The molecule has 1 atom stereocenters. The number of pyridine rings is 1. The largest absolute Gasteiger partial charge is 0.494 e. The monoisotopic (exact) mass is 371 g/mol. The first-order chi connectivity index (χ1) is 12.4. The second-order valence-electron chi connectivity index (χ2n) is 7.03. The van der Waals surface area contributed by atoms with Crippen LogP contribution in [0.4, 0.5) is 0 Å². The summed E-state index contributed by atoms with van der Waals surface area (Å²) in [6.07, 6.45) is 3.74. The number of nitrogens with zero attached hydrogens (tertiary/aromatic N) is 2. The zero-order valence-electron chi connectivity index (χ0n) is 15.0. The summed E-state index contributed by atoms with van der Waals surface area (Å²) >= 11 is 0. The van der Waals surface area contributed by atoms with Gasteiger partial charge >= 0.3 is 0 Å². The molecule has 0 fully saturated rings. The molecule has 0 bridgehead atoms. The first-order valence-electron chi connectivity index (χ1n) is 8.53. The van der Waals surface area contributed by atoms with Gasteiger partial charge in [0.15, 0.2) is 5.16 Å². The van der Waals surface area contributed by atoms with Crippen LogP contribution in [-0.2, 0) is 23.0 Å². The van der Waals surface area contributed by atoms with Crippen LogP contribution in [-0.4, -0.2) is 31.9 Å². The van der Waals surface area contributed by atoms with Crippen LogP contribution in [0.1, 0.15) is 31.5 Å². The van der Waals surface area contributed by atoms with Gasteiger partial charge in [-0.15, -0.1) is 0 Å². The summed E-state index contributed by atoms with van der Waals surface area (Å²) in [6, 6.07) is 7.49. The number of imidazole rings is 1. The smallest absolute Gasteiger partial charge is 0.197 e. The Morgan fingerprint density at radius 2 is 2.23 bits per heavy atom. The summed E-state index contributed by atoms with van der Waals surface area (Å²) in [5.74, 6) is 1.78. The van der Waals surface area contributed by atoms with E-state index in [4.69, 9.17) is 9.47 Å². The fourth-order valence-corrected chi connectivity index (χ4v) is 4.09. The number of hydrogen-bond acceptors (Lipinski definition) is 5. The number of hydrogen-bond donors (Lipinski definition) is 1. The maximum Gasteiger partial charge on any atom is 0.197 e. The van der Waals surface area contributed by atoms with Crippen molar-refractivity contribution in [2.45, 2.75) is 43.2 Å². The summed E-state index contributed by atoms with van der Waals surface area (Å²) in [7, 11) is 0.258. The number of fused-ring (bicyclic) bond motifs is 2. The lowest BCUT2D eigenvalue weighted by Gasteiger charge is -2.32. The topological polar surface area (TPSA) is 77.1 Å². The normalized spacial score (nSPS) is 16.7. The van der Waals surface area contributed by atoms with E-state index >= 15 is 0 Å². The first-order valence-corrected chi connectivity index (χ1v) is 9.85.